The normalized spacial score (nSPS) is 11.1. The molecule has 0 aliphatic carbocycles. The average molecular weight is 480 g/mol. The number of para-hydroxylation sites is 1. The fourth-order valence-electron chi connectivity index (χ4n) is 3.02. The van der Waals surface area contributed by atoms with Crippen molar-refractivity contribution in [1.82, 2.24) is 19.8 Å². The van der Waals surface area contributed by atoms with Gasteiger partial charge in [-0.05, 0) is 43.3 Å². The van der Waals surface area contributed by atoms with E-state index >= 15 is 0 Å². The van der Waals surface area contributed by atoms with Crippen molar-refractivity contribution in [2.24, 2.45) is 0 Å². The molecule has 1 N–H and O–H groups in total. The summed E-state index contributed by atoms with van der Waals surface area (Å²) in [6.07, 6.45) is 0. The SMILES string of the molecule is Cc1nnc2sc(-c3ccccc3NC(=O)c3ccc(-c4ccc(Br)cc4)o3)nn12. The number of furan rings is 1. The number of fused-ring (bicyclic) bond motifs is 1. The lowest BCUT2D eigenvalue weighted by Gasteiger charge is -2.07. The van der Waals surface area contributed by atoms with Crippen LogP contribution in [0.4, 0.5) is 5.69 Å². The van der Waals surface area contributed by atoms with E-state index in [1.165, 1.54) is 11.3 Å². The topological polar surface area (TPSA) is 85.3 Å². The Morgan fingerprint density at radius 3 is 2.67 bits per heavy atom. The summed E-state index contributed by atoms with van der Waals surface area (Å²) in [5, 5.41) is 16.4. The Kier molecular flexibility index (Phi) is 4.68. The van der Waals surface area contributed by atoms with Crippen LogP contribution in [0.2, 0.25) is 0 Å². The van der Waals surface area contributed by atoms with Crippen LogP contribution in [0.3, 0.4) is 0 Å². The summed E-state index contributed by atoms with van der Waals surface area (Å²) >= 11 is 4.82. The summed E-state index contributed by atoms with van der Waals surface area (Å²) in [6.45, 7) is 1.84. The number of aromatic nitrogens is 4. The maximum Gasteiger partial charge on any atom is 0.291 e. The minimum atomic E-state index is -0.329. The lowest BCUT2D eigenvalue weighted by atomic mass is 10.2. The summed E-state index contributed by atoms with van der Waals surface area (Å²) in [4.78, 5) is 13.5. The monoisotopic (exact) mass is 479 g/mol. The second kappa shape index (κ2) is 7.51. The van der Waals surface area contributed by atoms with Gasteiger partial charge in [-0.3, -0.25) is 4.79 Å². The average Bonchev–Trinajstić information content (AvgIpc) is 3.47. The van der Waals surface area contributed by atoms with Crippen molar-refractivity contribution < 1.29 is 9.21 Å². The van der Waals surface area contributed by atoms with E-state index in [4.69, 9.17) is 4.42 Å². The van der Waals surface area contributed by atoms with Crippen LogP contribution >= 0.6 is 27.3 Å². The number of benzene rings is 2. The number of rotatable bonds is 4. The van der Waals surface area contributed by atoms with Gasteiger partial charge in [-0.1, -0.05) is 51.5 Å². The van der Waals surface area contributed by atoms with Crippen molar-refractivity contribution in [2.75, 3.05) is 5.32 Å². The molecule has 0 fully saturated rings. The van der Waals surface area contributed by atoms with Gasteiger partial charge >= 0.3 is 0 Å². The molecule has 5 aromatic rings. The number of anilines is 1. The Bertz CT molecular complexity index is 1370. The lowest BCUT2D eigenvalue weighted by molar-refractivity contribution is 0.0997. The first kappa shape index (κ1) is 18.7. The van der Waals surface area contributed by atoms with Gasteiger partial charge in [-0.25, -0.2) is 0 Å². The quantitative estimate of drug-likeness (QED) is 0.371. The van der Waals surface area contributed by atoms with Gasteiger partial charge in [0.05, 0.1) is 5.69 Å². The molecule has 7 nitrogen and oxygen atoms in total. The molecule has 0 atom stereocenters. The van der Waals surface area contributed by atoms with Gasteiger partial charge < -0.3 is 9.73 Å². The van der Waals surface area contributed by atoms with Crippen molar-refractivity contribution >= 4 is 43.8 Å². The van der Waals surface area contributed by atoms with Gasteiger partial charge in [0, 0.05) is 15.6 Å². The van der Waals surface area contributed by atoms with Crippen LogP contribution in [0, 0.1) is 6.92 Å². The third kappa shape index (κ3) is 3.42. The zero-order chi connectivity index (χ0) is 20.7. The van der Waals surface area contributed by atoms with Gasteiger partial charge in [0.2, 0.25) is 4.96 Å². The highest BCUT2D eigenvalue weighted by atomic mass is 79.9. The Labute approximate surface area is 183 Å². The minimum Gasteiger partial charge on any atom is -0.451 e. The predicted octanol–water partition coefficient (Wildman–Crippen LogP) is 5.44. The molecule has 5 rings (SSSR count). The van der Waals surface area contributed by atoms with Gasteiger partial charge in [-0.15, -0.1) is 10.2 Å². The largest absolute Gasteiger partial charge is 0.451 e. The molecule has 0 saturated heterocycles. The molecule has 0 aliphatic heterocycles. The van der Waals surface area contributed by atoms with Crippen LogP contribution in [0.15, 0.2) is 69.6 Å². The number of carbonyl (C=O) groups is 1. The number of aryl methyl sites for hydroxylation is 1. The number of hydrogen-bond donors (Lipinski definition) is 1. The predicted molar refractivity (Wildman–Crippen MR) is 119 cm³/mol. The van der Waals surface area contributed by atoms with Crippen LogP contribution < -0.4 is 5.32 Å². The number of halogens is 1. The lowest BCUT2D eigenvalue weighted by Crippen LogP contribution is -2.11. The molecule has 0 spiro atoms. The van der Waals surface area contributed by atoms with Gasteiger partial charge in [-0.2, -0.15) is 9.61 Å². The molecular formula is C21H14BrN5O2S. The molecule has 3 heterocycles. The van der Waals surface area contributed by atoms with Crippen molar-refractivity contribution in [3.05, 3.63) is 76.7 Å². The zero-order valence-electron chi connectivity index (χ0n) is 15.7. The molecule has 0 radical (unpaired) electrons. The molecule has 1 amide bonds. The summed E-state index contributed by atoms with van der Waals surface area (Å²) in [6, 6.07) is 18.7. The van der Waals surface area contributed by atoms with E-state index in [0.29, 0.717) is 22.2 Å². The van der Waals surface area contributed by atoms with Gasteiger partial charge in [0.15, 0.2) is 11.6 Å². The standard InChI is InChI=1S/C21H14BrN5O2S/c1-12-24-25-21-27(12)26-20(30-21)15-4-2-3-5-16(15)23-19(28)18-11-10-17(29-18)13-6-8-14(22)9-7-13/h2-11H,1H3,(H,23,28). The molecule has 9 heteroatoms. The Hall–Kier alpha value is -3.30. The Morgan fingerprint density at radius 2 is 1.87 bits per heavy atom. The third-order valence-electron chi connectivity index (χ3n) is 4.51. The fraction of sp³-hybridized carbons (Fsp3) is 0.0476. The van der Waals surface area contributed by atoms with Crippen molar-refractivity contribution in [3.63, 3.8) is 0 Å². The van der Waals surface area contributed by atoms with E-state index < -0.39 is 0 Å². The summed E-state index contributed by atoms with van der Waals surface area (Å²) in [5.74, 6) is 1.25. The number of nitrogens with one attached hydrogen (secondary N) is 1. The number of hydrogen-bond acceptors (Lipinski definition) is 6. The van der Waals surface area contributed by atoms with Crippen molar-refractivity contribution in [1.29, 1.82) is 0 Å². The van der Waals surface area contributed by atoms with Crippen LogP contribution in [-0.4, -0.2) is 25.7 Å². The van der Waals surface area contributed by atoms with E-state index in [0.717, 1.165) is 20.6 Å². The Morgan fingerprint density at radius 1 is 1.07 bits per heavy atom. The summed E-state index contributed by atoms with van der Waals surface area (Å²) in [7, 11) is 0. The van der Waals surface area contributed by atoms with Crippen molar-refractivity contribution in [3.8, 4) is 21.9 Å². The molecular weight excluding hydrogens is 466 g/mol. The van der Waals surface area contributed by atoms with Crippen molar-refractivity contribution in [2.45, 2.75) is 6.92 Å². The molecule has 2 aromatic carbocycles. The first-order valence-electron chi connectivity index (χ1n) is 9.04. The maximum absolute atomic E-state index is 12.8. The van der Waals surface area contributed by atoms with Crippen LogP contribution in [0.25, 0.3) is 26.9 Å². The molecule has 0 unspecified atom stereocenters. The van der Waals surface area contributed by atoms with E-state index in [-0.39, 0.29) is 11.7 Å². The van der Waals surface area contributed by atoms with E-state index in [9.17, 15) is 4.79 Å². The Balaban J connectivity index is 1.42. The van der Waals surface area contributed by atoms with Gasteiger partial charge in [0.25, 0.3) is 5.91 Å². The second-order valence-corrected chi connectivity index (χ2v) is 8.39. The number of nitrogens with zero attached hydrogens (tertiary/aromatic N) is 4. The summed E-state index contributed by atoms with van der Waals surface area (Å²) < 4.78 is 8.45. The highest BCUT2D eigenvalue weighted by Gasteiger charge is 2.17. The highest BCUT2D eigenvalue weighted by Crippen LogP contribution is 2.32. The van der Waals surface area contributed by atoms with Crippen LogP contribution in [0.1, 0.15) is 16.4 Å². The number of amides is 1. The second-order valence-electron chi connectivity index (χ2n) is 6.52. The zero-order valence-corrected chi connectivity index (χ0v) is 18.1. The van der Waals surface area contributed by atoms with Gasteiger partial charge in [0.1, 0.15) is 10.8 Å². The number of carbonyl (C=O) groups excluding carboxylic acids is 1. The third-order valence-corrected chi connectivity index (χ3v) is 5.97. The summed E-state index contributed by atoms with van der Waals surface area (Å²) in [5.41, 5.74) is 2.35. The minimum absolute atomic E-state index is 0.233. The van der Waals surface area contributed by atoms with Crippen LogP contribution in [-0.2, 0) is 0 Å². The highest BCUT2D eigenvalue weighted by molar-refractivity contribution is 9.10. The first-order valence-corrected chi connectivity index (χ1v) is 10.6. The molecule has 148 valence electrons. The van der Waals surface area contributed by atoms with Crippen LogP contribution in [0.5, 0.6) is 0 Å². The molecule has 0 aliphatic rings. The molecule has 3 aromatic heterocycles. The molecule has 0 bridgehead atoms. The fourth-order valence-corrected chi connectivity index (χ4v) is 4.20. The molecule has 30 heavy (non-hydrogen) atoms. The first-order chi connectivity index (χ1) is 14.6. The maximum atomic E-state index is 12.8. The van der Waals surface area contributed by atoms with E-state index in [1.54, 1.807) is 16.6 Å². The molecule has 0 saturated carbocycles. The van der Waals surface area contributed by atoms with E-state index in [1.807, 2.05) is 55.5 Å². The smallest absolute Gasteiger partial charge is 0.291 e. The van der Waals surface area contributed by atoms with E-state index in [2.05, 4.69) is 36.5 Å².